The average Bonchev–Trinajstić information content (AvgIpc) is 2.79. The van der Waals surface area contributed by atoms with Crippen molar-refractivity contribution in [3.05, 3.63) is 65.2 Å². The minimum absolute atomic E-state index is 0.171. The smallest absolute Gasteiger partial charge is 0.355 e. The fourth-order valence-electron chi connectivity index (χ4n) is 3.58. The number of halogens is 4. The Labute approximate surface area is 194 Å². The van der Waals surface area contributed by atoms with Gasteiger partial charge >= 0.3 is 6.18 Å². The minimum Gasteiger partial charge on any atom is -0.355 e. The molecule has 11 heteroatoms. The highest BCUT2D eigenvalue weighted by Crippen LogP contribution is 2.34. The van der Waals surface area contributed by atoms with Gasteiger partial charge < -0.3 is 4.90 Å². The van der Waals surface area contributed by atoms with E-state index < -0.39 is 26.7 Å². The standard InChI is InChI=1S/C22H20ClF3N4O2S/c23-18-9-6-16(22(24,25)26)14-20(18)33(31,32)29-17-7-4-15(5-8-17)19-10-11-21(28-27-19)30-12-2-1-3-13-30/h4-11,14,29H,1-3,12-13H2. The van der Waals surface area contributed by atoms with Crippen molar-refractivity contribution in [3.63, 3.8) is 0 Å². The van der Waals surface area contributed by atoms with Gasteiger partial charge in [-0.1, -0.05) is 23.7 Å². The average molecular weight is 497 g/mol. The molecule has 33 heavy (non-hydrogen) atoms. The zero-order valence-electron chi connectivity index (χ0n) is 17.3. The highest BCUT2D eigenvalue weighted by Gasteiger charge is 2.32. The molecule has 2 heterocycles. The van der Waals surface area contributed by atoms with Gasteiger partial charge in [-0.25, -0.2) is 8.42 Å². The lowest BCUT2D eigenvalue weighted by atomic mass is 10.1. The summed E-state index contributed by atoms with van der Waals surface area (Å²) >= 11 is 5.87. The van der Waals surface area contributed by atoms with E-state index in [0.29, 0.717) is 17.3 Å². The molecule has 1 fully saturated rings. The predicted octanol–water partition coefficient (Wildman–Crippen LogP) is 5.61. The molecule has 1 aliphatic heterocycles. The van der Waals surface area contributed by atoms with E-state index in [1.54, 1.807) is 12.1 Å². The quantitative estimate of drug-likeness (QED) is 0.497. The van der Waals surface area contributed by atoms with E-state index in [2.05, 4.69) is 19.8 Å². The Morgan fingerprint density at radius 3 is 2.21 bits per heavy atom. The summed E-state index contributed by atoms with van der Waals surface area (Å²) < 4.78 is 66.5. The van der Waals surface area contributed by atoms with Crippen molar-refractivity contribution in [1.29, 1.82) is 0 Å². The third-order valence-electron chi connectivity index (χ3n) is 5.31. The molecular weight excluding hydrogens is 477 g/mol. The summed E-state index contributed by atoms with van der Waals surface area (Å²) in [5.41, 5.74) is 0.401. The highest BCUT2D eigenvalue weighted by atomic mass is 35.5. The molecule has 1 saturated heterocycles. The summed E-state index contributed by atoms with van der Waals surface area (Å²) in [5, 5.41) is 8.25. The van der Waals surface area contributed by atoms with Gasteiger partial charge in [-0.15, -0.1) is 10.2 Å². The van der Waals surface area contributed by atoms with Crippen molar-refractivity contribution in [2.75, 3.05) is 22.7 Å². The van der Waals surface area contributed by atoms with Crippen molar-refractivity contribution >= 4 is 33.1 Å². The molecule has 0 spiro atoms. The van der Waals surface area contributed by atoms with Gasteiger partial charge in [-0.2, -0.15) is 13.2 Å². The van der Waals surface area contributed by atoms with E-state index in [1.165, 1.54) is 18.6 Å². The number of benzene rings is 2. The van der Waals surface area contributed by atoms with Crippen LogP contribution in [0.1, 0.15) is 24.8 Å². The number of anilines is 2. The first kappa shape index (κ1) is 23.3. The molecule has 3 aromatic rings. The number of aromatic nitrogens is 2. The van der Waals surface area contributed by atoms with E-state index in [4.69, 9.17) is 11.6 Å². The third kappa shape index (κ3) is 5.39. The fraction of sp³-hybridized carbons (Fsp3) is 0.273. The molecule has 6 nitrogen and oxygen atoms in total. The van der Waals surface area contributed by atoms with Crippen molar-refractivity contribution in [3.8, 4) is 11.3 Å². The van der Waals surface area contributed by atoms with Gasteiger partial charge in [-0.05, 0) is 61.7 Å². The molecule has 174 valence electrons. The topological polar surface area (TPSA) is 75.2 Å². The summed E-state index contributed by atoms with van der Waals surface area (Å²) in [6.07, 6.45) is -1.21. The van der Waals surface area contributed by atoms with Gasteiger partial charge in [0.05, 0.1) is 16.3 Å². The van der Waals surface area contributed by atoms with Gasteiger partial charge in [0.15, 0.2) is 5.82 Å². The van der Waals surface area contributed by atoms with Gasteiger partial charge in [0.25, 0.3) is 10.0 Å². The van der Waals surface area contributed by atoms with Crippen LogP contribution in [0.4, 0.5) is 24.7 Å². The van der Waals surface area contributed by atoms with Crippen LogP contribution in [-0.2, 0) is 16.2 Å². The molecule has 4 rings (SSSR count). The molecular formula is C22H20ClF3N4O2S. The minimum atomic E-state index is -4.69. The highest BCUT2D eigenvalue weighted by molar-refractivity contribution is 7.92. The number of hydrogen-bond donors (Lipinski definition) is 1. The van der Waals surface area contributed by atoms with Crippen molar-refractivity contribution in [1.82, 2.24) is 10.2 Å². The zero-order chi connectivity index (χ0) is 23.6. The normalized spacial score (nSPS) is 14.8. The Bertz CT molecular complexity index is 1230. The molecule has 0 saturated carbocycles. The molecule has 1 aromatic heterocycles. The van der Waals surface area contributed by atoms with Crippen LogP contribution >= 0.6 is 11.6 Å². The van der Waals surface area contributed by atoms with Crippen LogP contribution < -0.4 is 9.62 Å². The fourth-order valence-corrected chi connectivity index (χ4v) is 5.16. The SMILES string of the molecule is O=S(=O)(Nc1ccc(-c2ccc(N3CCCCC3)nn2)cc1)c1cc(C(F)(F)F)ccc1Cl. The Kier molecular flexibility index (Phi) is 6.49. The van der Waals surface area contributed by atoms with E-state index in [9.17, 15) is 21.6 Å². The van der Waals surface area contributed by atoms with Crippen LogP contribution in [0.15, 0.2) is 59.5 Å². The number of nitrogens with one attached hydrogen (secondary N) is 1. The van der Waals surface area contributed by atoms with Crippen LogP contribution in [0, 0.1) is 0 Å². The van der Waals surface area contributed by atoms with Gasteiger partial charge in [0, 0.05) is 24.3 Å². The summed E-state index contributed by atoms with van der Waals surface area (Å²) in [5.74, 6) is 0.820. The van der Waals surface area contributed by atoms with Crippen LogP contribution in [0.25, 0.3) is 11.3 Å². The maximum absolute atomic E-state index is 13.0. The zero-order valence-corrected chi connectivity index (χ0v) is 18.9. The number of nitrogens with zero attached hydrogens (tertiary/aromatic N) is 3. The second-order valence-corrected chi connectivity index (χ2v) is 9.71. The Morgan fingerprint density at radius 1 is 0.909 bits per heavy atom. The molecule has 0 atom stereocenters. The van der Waals surface area contributed by atoms with Gasteiger partial charge in [0.1, 0.15) is 4.90 Å². The summed E-state index contributed by atoms with van der Waals surface area (Å²) in [4.78, 5) is 1.54. The monoisotopic (exact) mass is 496 g/mol. The van der Waals surface area contributed by atoms with Gasteiger partial charge in [0.2, 0.25) is 0 Å². The molecule has 2 aromatic carbocycles. The third-order valence-corrected chi connectivity index (χ3v) is 7.17. The van der Waals surface area contributed by atoms with Gasteiger partial charge in [-0.3, -0.25) is 4.72 Å². The summed E-state index contributed by atoms with van der Waals surface area (Å²) in [6.45, 7) is 1.91. The van der Waals surface area contributed by atoms with Crippen molar-refractivity contribution in [2.45, 2.75) is 30.3 Å². The van der Waals surface area contributed by atoms with E-state index in [1.807, 2.05) is 12.1 Å². The van der Waals surface area contributed by atoms with Crippen molar-refractivity contribution in [2.24, 2.45) is 0 Å². The second-order valence-electron chi connectivity index (χ2n) is 7.65. The first-order chi connectivity index (χ1) is 15.6. The Morgan fingerprint density at radius 2 is 1.61 bits per heavy atom. The molecule has 1 N–H and O–H groups in total. The first-order valence-electron chi connectivity index (χ1n) is 10.2. The predicted molar refractivity (Wildman–Crippen MR) is 121 cm³/mol. The number of hydrogen-bond acceptors (Lipinski definition) is 5. The van der Waals surface area contributed by atoms with E-state index in [-0.39, 0.29) is 10.7 Å². The van der Waals surface area contributed by atoms with E-state index in [0.717, 1.165) is 43.9 Å². The Balaban J connectivity index is 1.51. The summed E-state index contributed by atoms with van der Waals surface area (Å²) in [6, 6.07) is 12.2. The van der Waals surface area contributed by atoms with Crippen molar-refractivity contribution < 1.29 is 21.6 Å². The molecule has 0 unspecified atom stereocenters. The molecule has 0 bridgehead atoms. The lowest BCUT2D eigenvalue weighted by molar-refractivity contribution is -0.137. The Hall–Kier alpha value is -2.85. The lowest BCUT2D eigenvalue weighted by Gasteiger charge is -2.27. The maximum atomic E-state index is 13.0. The van der Waals surface area contributed by atoms with Crippen LogP contribution in [-0.4, -0.2) is 31.7 Å². The molecule has 0 aliphatic carbocycles. The lowest BCUT2D eigenvalue weighted by Crippen LogP contribution is -2.30. The number of sulfonamides is 1. The molecule has 0 amide bonds. The first-order valence-corrected chi connectivity index (χ1v) is 12.1. The number of rotatable bonds is 5. The molecule has 0 radical (unpaired) electrons. The van der Waals surface area contributed by atoms with Crippen LogP contribution in [0.2, 0.25) is 5.02 Å². The maximum Gasteiger partial charge on any atom is 0.416 e. The van der Waals surface area contributed by atoms with Crippen LogP contribution in [0.5, 0.6) is 0 Å². The molecule has 1 aliphatic rings. The van der Waals surface area contributed by atoms with E-state index >= 15 is 0 Å². The van der Waals surface area contributed by atoms with Crippen LogP contribution in [0.3, 0.4) is 0 Å². The number of piperidine rings is 1. The number of alkyl halides is 3. The largest absolute Gasteiger partial charge is 0.416 e. The summed E-state index contributed by atoms with van der Waals surface area (Å²) in [7, 11) is -4.34. The second kappa shape index (κ2) is 9.18.